The summed E-state index contributed by atoms with van der Waals surface area (Å²) in [6, 6.07) is 5.37. The van der Waals surface area contributed by atoms with Gasteiger partial charge in [-0.3, -0.25) is 4.79 Å². The lowest BCUT2D eigenvalue weighted by Crippen LogP contribution is -2.37. The number of amides is 1. The zero-order valence-electron chi connectivity index (χ0n) is 8.84. The van der Waals surface area contributed by atoms with Crippen LogP contribution in [-0.2, 0) is 0 Å². The maximum absolute atomic E-state index is 11.9. The molecule has 2 N–H and O–H groups in total. The molecule has 0 unspecified atom stereocenters. The zero-order valence-corrected chi connectivity index (χ0v) is 12.6. The lowest BCUT2D eigenvalue weighted by atomic mass is 10.2. The molecule has 0 fully saturated rings. The molecule has 0 aromatic heterocycles. The van der Waals surface area contributed by atoms with Crippen molar-refractivity contribution in [2.24, 2.45) is 0 Å². The summed E-state index contributed by atoms with van der Waals surface area (Å²) in [6.45, 7) is 1.89. The predicted molar refractivity (Wildman–Crippen MR) is 75.5 cm³/mol. The third kappa shape index (κ3) is 3.71. The molecular weight excluding hydrogens is 385 g/mol. The summed E-state index contributed by atoms with van der Waals surface area (Å²) in [5, 5.41) is 11.8. The van der Waals surface area contributed by atoms with Crippen LogP contribution in [0.4, 0.5) is 0 Å². The maximum atomic E-state index is 11.9. The maximum Gasteiger partial charge on any atom is 0.252 e. The van der Waals surface area contributed by atoms with Crippen LogP contribution in [0, 0.1) is 3.57 Å². The Balaban J connectivity index is 2.83. The Labute approximate surface area is 117 Å². The normalized spacial score (nSPS) is 12.2. The van der Waals surface area contributed by atoms with E-state index >= 15 is 0 Å². The second-order valence-electron chi connectivity index (χ2n) is 3.39. The van der Waals surface area contributed by atoms with Crippen molar-refractivity contribution in [1.82, 2.24) is 5.32 Å². The Bertz CT molecular complexity index is 380. The highest BCUT2D eigenvalue weighted by molar-refractivity contribution is 14.1. The minimum atomic E-state index is -0.178. The molecule has 88 valence electrons. The van der Waals surface area contributed by atoms with Crippen LogP contribution in [0.1, 0.15) is 23.7 Å². The van der Waals surface area contributed by atoms with Crippen LogP contribution < -0.4 is 5.32 Å². The van der Waals surface area contributed by atoms with Crippen molar-refractivity contribution in [3.05, 3.63) is 31.8 Å². The molecule has 1 atom stereocenters. The number of carbonyl (C=O) groups is 1. The molecule has 1 amide bonds. The van der Waals surface area contributed by atoms with Crippen molar-refractivity contribution in [2.75, 3.05) is 6.61 Å². The number of nitrogens with one attached hydrogen (secondary N) is 1. The van der Waals surface area contributed by atoms with E-state index < -0.39 is 0 Å². The minimum absolute atomic E-state index is 0.0349. The van der Waals surface area contributed by atoms with E-state index in [0.717, 1.165) is 8.04 Å². The highest BCUT2D eigenvalue weighted by Crippen LogP contribution is 2.18. The summed E-state index contributed by atoms with van der Waals surface area (Å²) < 4.78 is 1.77. The van der Waals surface area contributed by atoms with Gasteiger partial charge in [0, 0.05) is 8.04 Å². The molecule has 1 aromatic carbocycles. The van der Waals surface area contributed by atoms with Crippen LogP contribution in [-0.4, -0.2) is 23.7 Å². The summed E-state index contributed by atoms with van der Waals surface area (Å²) in [6.07, 6.45) is 0.715. The first-order valence-electron chi connectivity index (χ1n) is 4.95. The van der Waals surface area contributed by atoms with Gasteiger partial charge in [0.15, 0.2) is 0 Å². The molecule has 0 heterocycles. The first kappa shape index (κ1) is 13.9. The molecule has 0 spiro atoms. The molecule has 0 saturated carbocycles. The van der Waals surface area contributed by atoms with Crippen LogP contribution in [0.3, 0.4) is 0 Å². The largest absolute Gasteiger partial charge is 0.394 e. The van der Waals surface area contributed by atoms with Crippen molar-refractivity contribution in [3.63, 3.8) is 0 Å². The molecule has 16 heavy (non-hydrogen) atoms. The Hall–Kier alpha value is -0.140. The Morgan fingerprint density at radius 3 is 2.88 bits per heavy atom. The van der Waals surface area contributed by atoms with Crippen molar-refractivity contribution in [3.8, 4) is 0 Å². The molecule has 0 aliphatic carbocycles. The third-order valence-electron chi connectivity index (χ3n) is 2.22. The summed E-state index contributed by atoms with van der Waals surface area (Å²) in [7, 11) is 0. The Morgan fingerprint density at radius 1 is 1.62 bits per heavy atom. The van der Waals surface area contributed by atoms with Gasteiger partial charge in [-0.1, -0.05) is 22.9 Å². The standard InChI is InChI=1S/C11H13BrINO2/c1-2-8(6-15)14-11(16)9-5-7(12)3-4-10(9)13/h3-5,8,15H,2,6H2,1H3,(H,14,16)/t8-/m1/s1. The van der Waals surface area contributed by atoms with E-state index in [2.05, 4.69) is 43.8 Å². The fourth-order valence-electron chi connectivity index (χ4n) is 1.21. The number of hydrogen-bond acceptors (Lipinski definition) is 2. The number of benzene rings is 1. The SMILES string of the molecule is CC[C@H](CO)NC(=O)c1cc(Br)ccc1I. The Kier molecular flexibility index (Phi) is 5.71. The third-order valence-corrected chi connectivity index (χ3v) is 3.66. The number of carbonyl (C=O) groups excluding carboxylic acids is 1. The van der Waals surface area contributed by atoms with Crippen LogP contribution in [0.5, 0.6) is 0 Å². The van der Waals surface area contributed by atoms with Crippen LogP contribution in [0.2, 0.25) is 0 Å². The Morgan fingerprint density at radius 2 is 2.31 bits per heavy atom. The quantitative estimate of drug-likeness (QED) is 0.767. The van der Waals surface area contributed by atoms with Crippen LogP contribution in [0.15, 0.2) is 22.7 Å². The van der Waals surface area contributed by atoms with Gasteiger partial charge in [-0.25, -0.2) is 0 Å². The van der Waals surface area contributed by atoms with Gasteiger partial charge in [0.25, 0.3) is 5.91 Å². The lowest BCUT2D eigenvalue weighted by molar-refractivity contribution is 0.0914. The molecule has 0 aliphatic rings. The highest BCUT2D eigenvalue weighted by Gasteiger charge is 2.14. The van der Waals surface area contributed by atoms with Crippen molar-refractivity contribution in [1.29, 1.82) is 0 Å². The first-order valence-corrected chi connectivity index (χ1v) is 6.82. The van der Waals surface area contributed by atoms with Gasteiger partial charge in [-0.05, 0) is 47.2 Å². The number of aliphatic hydroxyl groups is 1. The van der Waals surface area contributed by atoms with Gasteiger partial charge in [-0.15, -0.1) is 0 Å². The molecule has 0 bridgehead atoms. The van der Waals surface area contributed by atoms with E-state index in [1.165, 1.54) is 0 Å². The van der Waals surface area contributed by atoms with Crippen molar-refractivity contribution in [2.45, 2.75) is 19.4 Å². The van der Waals surface area contributed by atoms with Gasteiger partial charge in [0.05, 0.1) is 18.2 Å². The van der Waals surface area contributed by atoms with Gasteiger partial charge >= 0.3 is 0 Å². The summed E-state index contributed by atoms with van der Waals surface area (Å²) >= 11 is 5.45. The first-order chi connectivity index (χ1) is 7.58. The molecular formula is C11H13BrINO2. The van der Waals surface area contributed by atoms with E-state index in [9.17, 15) is 4.79 Å². The van der Waals surface area contributed by atoms with Gasteiger partial charge in [0.2, 0.25) is 0 Å². The number of rotatable bonds is 4. The van der Waals surface area contributed by atoms with Gasteiger partial charge in [-0.2, -0.15) is 0 Å². The van der Waals surface area contributed by atoms with Crippen molar-refractivity contribution < 1.29 is 9.90 Å². The second kappa shape index (κ2) is 6.56. The van der Waals surface area contributed by atoms with E-state index in [-0.39, 0.29) is 18.6 Å². The summed E-state index contributed by atoms with van der Waals surface area (Å²) in [4.78, 5) is 11.9. The average molecular weight is 398 g/mol. The van der Waals surface area contributed by atoms with E-state index in [1.54, 1.807) is 6.07 Å². The van der Waals surface area contributed by atoms with Gasteiger partial charge in [0.1, 0.15) is 0 Å². The molecule has 1 rings (SSSR count). The molecule has 3 nitrogen and oxygen atoms in total. The lowest BCUT2D eigenvalue weighted by Gasteiger charge is -2.14. The monoisotopic (exact) mass is 397 g/mol. The van der Waals surface area contributed by atoms with Crippen molar-refractivity contribution >= 4 is 44.4 Å². The number of hydrogen-bond donors (Lipinski definition) is 2. The molecule has 0 radical (unpaired) electrons. The van der Waals surface area contributed by atoms with Crippen LogP contribution >= 0.6 is 38.5 Å². The van der Waals surface area contributed by atoms with E-state index in [1.807, 2.05) is 19.1 Å². The number of aliphatic hydroxyl groups excluding tert-OH is 1. The highest BCUT2D eigenvalue weighted by atomic mass is 127. The zero-order chi connectivity index (χ0) is 12.1. The average Bonchev–Trinajstić information content (AvgIpc) is 2.28. The molecule has 0 aliphatic heterocycles. The second-order valence-corrected chi connectivity index (χ2v) is 5.46. The smallest absolute Gasteiger partial charge is 0.252 e. The number of halogens is 2. The fourth-order valence-corrected chi connectivity index (χ4v) is 2.15. The van der Waals surface area contributed by atoms with E-state index in [0.29, 0.717) is 12.0 Å². The van der Waals surface area contributed by atoms with E-state index in [4.69, 9.17) is 5.11 Å². The summed E-state index contributed by atoms with van der Waals surface area (Å²) in [5.74, 6) is -0.147. The molecule has 1 aromatic rings. The molecule has 5 heteroatoms. The van der Waals surface area contributed by atoms with Crippen LogP contribution in [0.25, 0.3) is 0 Å². The fraction of sp³-hybridized carbons (Fsp3) is 0.364. The molecule has 0 saturated heterocycles. The predicted octanol–water partition coefficient (Wildman–Crippen LogP) is 2.55. The van der Waals surface area contributed by atoms with Gasteiger partial charge < -0.3 is 10.4 Å². The topological polar surface area (TPSA) is 49.3 Å². The minimum Gasteiger partial charge on any atom is -0.394 e. The summed E-state index contributed by atoms with van der Waals surface area (Å²) in [5.41, 5.74) is 0.627.